The van der Waals surface area contributed by atoms with Gasteiger partial charge in [0.05, 0.1) is 12.8 Å². The Hall–Kier alpha value is -2.21. The van der Waals surface area contributed by atoms with Gasteiger partial charge in [0.25, 0.3) is 5.91 Å². The molecule has 1 aromatic heterocycles. The van der Waals surface area contributed by atoms with Gasteiger partial charge in [-0.2, -0.15) is 0 Å². The van der Waals surface area contributed by atoms with Gasteiger partial charge in [-0.25, -0.2) is 0 Å². The van der Waals surface area contributed by atoms with Crippen LogP contribution in [0.15, 0.2) is 36.5 Å². The van der Waals surface area contributed by atoms with Crippen LogP contribution in [-0.2, 0) is 13.0 Å². The predicted molar refractivity (Wildman–Crippen MR) is 69.6 cm³/mol. The number of carbonyl (C=O) groups excluding carboxylic acids is 1. The van der Waals surface area contributed by atoms with E-state index >= 15 is 0 Å². The molecule has 0 aliphatic carbocycles. The zero-order valence-electron chi connectivity index (χ0n) is 10.5. The molecule has 0 radical (unpaired) electrons. The van der Waals surface area contributed by atoms with Crippen molar-refractivity contribution in [2.24, 2.45) is 0 Å². The van der Waals surface area contributed by atoms with E-state index in [0.717, 1.165) is 6.42 Å². The maximum Gasteiger partial charge on any atom is 0.273 e. The molecule has 0 aliphatic heterocycles. The lowest BCUT2D eigenvalue weighted by atomic mass is 10.1. The van der Waals surface area contributed by atoms with E-state index in [1.807, 2.05) is 30.3 Å². The first kappa shape index (κ1) is 13.2. The second-order valence-corrected chi connectivity index (χ2v) is 4.08. The first-order chi connectivity index (χ1) is 9.29. The molecule has 6 heteroatoms. The Morgan fingerprint density at radius 2 is 2.11 bits per heavy atom. The molecule has 0 saturated heterocycles. The lowest BCUT2D eigenvalue weighted by Crippen LogP contribution is -2.26. The Morgan fingerprint density at radius 3 is 2.84 bits per heavy atom. The summed E-state index contributed by atoms with van der Waals surface area (Å²) >= 11 is 0. The summed E-state index contributed by atoms with van der Waals surface area (Å²) in [7, 11) is 0. The van der Waals surface area contributed by atoms with Crippen LogP contribution in [-0.4, -0.2) is 39.2 Å². The molecule has 1 aromatic carbocycles. The zero-order valence-corrected chi connectivity index (χ0v) is 10.5. The highest BCUT2D eigenvalue weighted by molar-refractivity contribution is 5.91. The molecule has 0 unspecified atom stereocenters. The van der Waals surface area contributed by atoms with Crippen molar-refractivity contribution in [3.63, 3.8) is 0 Å². The first-order valence-electron chi connectivity index (χ1n) is 6.12. The van der Waals surface area contributed by atoms with Crippen LogP contribution in [0.3, 0.4) is 0 Å². The fourth-order valence-electron chi connectivity index (χ4n) is 1.66. The van der Waals surface area contributed by atoms with Crippen molar-refractivity contribution in [2.45, 2.75) is 13.0 Å². The summed E-state index contributed by atoms with van der Waals surface area (Å²) in [5.74, 6) is -0.319. The number of aliphatic hydroxyl groups excluding tert-OH is 1. The van der Waals surface area contributed by atoms with Gasteiger partial charge in [-0.05, 0) is 12.0 Å². The van der Waals surface area contributed by atoms with E-state index in [2.05, 4.69) is 15.6 Å². The fourth-order valence-corrected chi connectivity index (χ4v) is 1.66. The molecule has 0 bridgehead atoms. The van der Waals surface area contributed by atoms with Crippen molar-refractivity contribution in [1.29, 1.82) is 0 Å². The van der Waals surface area contributed by atoms with Crippen molar-refractivity contribution in [3.05, 3.63) is 47.8 Å². The van der Waals surface area contributed by atoms with Crippen LogP contribution in [0.2, 0.25) is 0 Å². The molecule has 0 spiro atoms. The van der Waals surface area contributed by atoms with Gasteiger partial charge in [-0.15, -0.1) is 5.10 Å². The number of aromatic nitrogens is 3. The third kappa shape index (κ3) is 3.89. The summed E-state index contributed by atoms with van der Waals surface area (Å²) in [6.45, 7) is 0.799. The highest BCUT2D eigenvalue weighted by Crippen LogP contribution is 2.01. The van der Waals surface area contributed by atoms with Crippen LogP contribution in [0.25, 0.3) is 0 Å². The highest BCUT2D eigenvalue weighted by atomic mass is 16.3. The van der Waals surface area contributed by atoms with Gasteiger partial charge < -0.3 is 10.4 Å². The SMILES string of the molecule is O=C(NCCO)c1cn(CCc2ccccc2)nn1. The molecular formula is C13H16N4O2. The van der Waals surface area contributed by atoms with Crippen LogP contribution < -0.4 is 5.32 Å². The van der Waals surface area contributed by atoms with Gasteiger partial charge in [0.15, 0.2) is 5.69 Å². The molecule has 0 saturated carbocycles. The number of nitrogens with zero attached hydrogens (tertiary/aromatic N) is 3. The maximum absolute atomic E-state index is 11.6. The van der Waals surface area contributed by atoms with Crippen LogP contribution >= 0.6 is 0 Å². The number of aliphatic hydroxyl groups is 1. The maximum atomic E-state index is 11.6. The number of benzene rings is 1. The zero-order chi connectivity index (χ0) is 13.5. The van der Waals surface area contributed by atoms with Gasteiger partial charge >= 0.3 is 0 Å². The van der Waals surface area contributed by atoms with Crippen molar-refractivity contribution in [2.75, 3.05) is 13.2 Å². The summed E-state index contributed by atoms with van der Waals surface area (Å²) in [5, 5.41) is 18.9. The lowest BCUT2D eigenvalue weighted by molar-refractivity contribution is 0.0939. The van der Waals surface area contributed by atoms with Gasteiger partial charge in [0, 0.05) is 13.1 Å². The number of hydrogen-bond donors (Lipinski definition) is 2. The molecule has 6 nitrogen and oxygen atoms in total. The predicted octanol–water partition coefficient (Wildman–Crippen LogP) is 0.243. The summed E-state index contributed by atoms with van der Waals surface area (Å²) in [4.78, 5) is 11.6. The van der Waals surface area contributed by atoms with Gasteiger partial charge in [-0.3, -0.25) is 9.48 Å². The number of amides is 1. The third-order valence-corrected chi connectivity index (χ3v) is 2.64. The van der Waals surface area contributed by atoms with Crippen LogP contribution in [0.5, 0.6) is 0 Å². The lowest BCUT2D eigenvalue weighted by Gasteiger charge is -2.00. The second-order valence-electron chi connectivity index (χ2n) is 4.08. The first-order valence-corrected chi connectivity index (χ1v) is 6.12. The minimum atomic E-state index is -0.319. The molecule has 100 valence electrons. The van der Waals surface area contributed by atoms with Gasteiger partial charge in [0.2, 0.25) is 0 Å². The van der Waals surface area contributed by atoms with E-state index in [1.54, 1.807) is 10.9 Å². The second kappa shape index (κ2) is 6.65. The topological polar surface area (TPSA) is 80.0 Å². The molecule has 2 rings (SSSR count). The number of hydrogen-bond acceptors (Lipinski definition) is 4. The standard InChI is InChI=1S/C13H16N4O2/c18-9-7-14-13(19)12-10-17(16-15-12)8-6-11-4-2-1-3-5-11/h1-5,10,18H,6-9H2,(H,14,19). The van der Waals surface area contributed by atoms with E-state index in [1.165, 1.54) is 5.56 Å². The van der Waals surface area contributed by atoms with Crippen LogP contribution in [0.1, 0.15) is 16.1 Å². The minimum absolute atomic E-state index is 0.0894. The summed E-state index contributed by atoms with van der Waals surface area (Å²) < 4.78 is 1.64. The summed E-state index contributed by atoms with van der Waals surface area (Å²) in [5.41, 5.74) is 1.48. The third-order valence-electron chi connectivity index (χ3n) is 2.64. The highest BCUT2D eigenvalue weighted by Gasteiger charge is 2.09. The minimum Gasteiger partial charge on any atom is -0.395 e. The van der Waals surface area contributed by atoms with Crippen molar-refractivity contribution < 1.29 is 9.90 Å². The van der Waals surface area contributed by atoms with Crippen molar-refractivity contribution in [3.8, 4) is 0 Å². The van der Waals surface area contributed by atoms with E-state index < -0.39 is 0 Å². The Morgan fingerprint density at radius 1 is 1.32 bits per heavy atom. The quantitative estimate of drug-likeness (QED) is 0.780. The fraction of sp³-hybridized carbons (Fsp3) is 0.308. The molecule has 1 heterocycles. The average molecular weight is 260 g/mol. The van der Waals surface area contributed by atoms with Gasteiger partial charge in [0.1, 0.15) is 0 Å². The monoisotopic (exact) mass is 260 g/mol. The smallest absolute Gasteiger partial charge is 0.273 e. The number of aryl methyl sites for hydroxylation is 2. The van der Waals surface area contributed by atoms with Gasteiger partial charge in [-0.1, -0.05) is 35.5 Å². The average Bonchev–Trinajstić information content (AvgIpc) is 2.92. The summed E-state index contributed by atoms with van der Waals surface area (Å²) in [6, 6.07) is 10.1. The Balaban J connectivity index is 1.89. The van der Waals surface area contributed by atoms with E-state index in [4.69, 9.17) is 5.11 Å². The molecule has 0 atom stereocenters. The molecule has 2 aromatic rings. The van der Waals surface area contributed by atoms with Crippen LogP contribution in [0, 0.1) is 0 Å². The van der Waals surface area contributed by atoms with E-state index in [0.29, 0.717) is 6.54 Å². The summed E-state index contributed by atoms with van der Waals surface area (Å²) in [6.07, 6.45) is 2.44. The Labute approximate surface area is 111 Å². The largest absolute Gasteiger partial charge is 0.395 e. The Bertz CT molecular complexity index is 524. The van der Waals surface area contributed by atoms with E-state index in [-0.39, 0.29) is 24.8 Å². The molecule has 0 aliphatic rings. The Kier molecular flexibility index (Phi) is 4.63. The van der Waals surface area contributed by atoms with E-state index in [9.17, 15) is 4.79 Å². The molecule has 1 amide bonds. The number of rotatable bonds is 6. The van der Waals surface area contributed by atoms with Crippen LogP contribution in [0.4, 0.5) is 0 Å². The molecule has 2 N–H and O–H groups in total. The number of carbonyl (C=O) groups is 1. The van der Waals surface area contributed by atoms with Crippen molar-refractivity contribution in [1.82, 2.24) is 20.3 Å². The molecular weight excluding hydrogens is 244 g/mol. The molecule has 19 heavy (non-hydrogen) atoms. The normalized spacial score (nSPS) is 10.4. The van der Waals surface area contributed by atoms with Crippen molar-refractivity contribution >= 4 is 5.91 Å². The number of nitrogens with one attached hydrogen (secondary N) is 1. The molecule has 0 fully saturated rings.